The minimum absolute atomic E-state index is 0. The van der Waals surface area contributed by atoms with Crippen molar-refractivity contribution in [1.82, 2.24) is 10.2 Å². The van der Waals surface area contributed by atoms with Gasteiger partial charge < -0.3 is 10.4 Å². The molecule has 2 unspecified atom stereocenters. The summed E-state index contributed by atoms with van der Waals surface area (Å²) in [5, 5.41) is 20.8. The highest BCUT2D eigenvalue weighted by Gasteiger charge is 2.41. The third kappa shape index (κ3) is 6.82. The Bertz CT molecular complexity index is 1660. The van der Waals surface area contributed by atoms with E-state index in [-0.39, 0.29) is 30.0 Å². The van der Waals surface area contributed by atoms with E-state index in [1.807, 2.05) is 23.6 Å². The molecule has 2 saturated heterocycles. The number of benzene rings is 3. The topological polar surface area (TPSA) is 35.5 Å². The summed E-state index contributed by atoms with van der Waals surface area (Å²) in [4.78, 5) is 2.37. The molecule has 43 heavy (non-hydrogen) atoms. The molecule has 4 heterocycles. The van der Waals surface area contributed by atoms with Crippen molar-refractivity contribution in [3.8, 4) is 0 Å². The molecule has 0 spiro atoms. The molecule has 7 rings (SSSR count). The molecular formula is C35H39ClF2N2OS2. The maximum Gasteiger partial charge on any atom is 0.124 e. The zero-order chi connectivity index (χ0) is 29.3. The number of piperidine rings is 2. The van der Waals surface area contributed by atoms with E-state index in [2.05, 4.69) is 53.7 Å². The first kappa shape index (κ1) is 32.0. The Labute approximate surface area is 267 Å². The van der Waals surface area contributed by atoms with Gasteiger partial charge in [0.05, 0.1) is 5.60 Å². The van der Waals surface area contributed by atoms with Crippen LogP contribution in [0.3, 0.4) is 0 Å². The van der Waals surface area contributed by atoms with E-state index in [0.717, 1.165) is 60.2 Å². The average Bonchev–Trinajstić information content (AvgIpc) is 3.65. The van der Waals surface area contributed by atoms with E-state index < -0.39 is 5.60 Å². The number of fused-ring (bicyclic) bond motifs is 2. The normalized spacial score (nSPS) is 24.3. The van der Waals surface area contributed by atoms with Crippen LogP contribution in [0.2, 0.25) is 0 Å². The second-order valence-electron chi connectivity index (χ2n) is 12.0. The number of halogens is 3. The van der Waals surface area contributed by atoms with Crippen LogP contribution in [0.1, 0.15) is 49.3 Å². The van der Waals surface area contributed by atoms with Crippen LogP contribution in [0, 0.1) is 23.5 Å². The number of nitrogens with one attached hydrogen (secondary N) is 1. The number of aliphatic hydroxyl groups is 1. The Morgan fingerprint density at radius 1 is 0.930 bits per heavy atom. The highest BCUT2D eigenvalue weighted by atomic mass is 35.5. The summed E-state index contributed by atoms with van der Waals surface area (Å²) in [6, 6.07) is 20.8. The van der Waals surface area contributed by atoms with E-state index in [4.69, 9.17) is 0 Å². The molecule has 0 aliphatic carbocycles. The van der Waals surface area contributed by atoms with Gasteiger partial charge >= 0.3 is 0 Å². The lowest BCUT2D eigenvalue weighted by Crippen LogP contribution is -2.48. The summed E-state index contributed by atoms with van der Waals surface area (Å²) in [5.41, 5.74) is 2.28. The van der Waals surface area contributed by atoms with Crippen LogP contribution in [0.4, 0.5) is 8.78 Å². The second-order valence-corrected chi connectivity index (χ2v) is 13.8. The number of hydrogen-bond donors (Lipinski definition) is 2. The van der Waals surface area contributed by atoms with E-state index in [1.54, 1.807) is 40.9 Å². The Kier molecular flexibility index (Phi) is 10.2. The van der Waals surface area contributed by atoms with Crippen molar-refractivity contribution in [2.75, 3.05) is 26.2 Å². The molecule has 0 amide bonds. The maximum absolute atomic E-state index is 14.1. The van der Waals surface area contributed by atoms with Gasteiger partial charge in [-0.3, -0.25) is 4.90 Å². The SMILES string of the molecule is CC1CN(Cc2ccccc2)CCC1(O)c1cc(F)cc2ccsc12.C[C@@H]1CNCC[C@@H]1c1cc(F)cc2ccsc12.Cl. The van der Waals surface area contributed by atoms with Crippen LogP contribution in [0.25, 0.3) is 20.2 Å². The van der Waals surface area contributed by atoms with Crippen molar-refractivity contribution in [2.24, 2.45) is 11.8 Å². The molecule has 3 nitrogen and oxygen atoms in total. The van der Waals surface area contributed by atoms with Crippen molar-refractivity contribution in [3.05, 3.63) is 106 Å². The zero-order valence-corrected chi connectivity index (χ0v) is 27.0. The monoisotopic (exact) mass is 640 g/mol. The number of hydrogen-bond acceptors (Lipinski definition) is 5. The van der Waals surface area contributed by atoms with E-state index in [1.165, 1.54) is 21.9 Å². The first-order valence-electron chi connectivity index (χ1n) is 14.8. The Balaban J connectivity index is 0.000000179. The van der Waals surface area contributed by atoms with Crippen molar-refractivity contribution < 1.29 is 13.9 Å². The van der Waals surface area contributed by atoms with Crippen LogP contribution in [0.5, 0.6) is 0 Å². The fraction of sp³-hybridized carbons (Fsp3) is 0.371. The molecule has 228 valence electrons. The molecular weight excluding hydrogens is 602 g/mol. The second kappa shape index (κ2) is 13.7. The summed E-state index contributed by atoms with van der Waals surface area (Å²) in [6.07, 6.45) is 1.73. The fourth-order valence-corrected chi connectivity index (χ4v) is 8.72. The van der Waals surface area contributed by atoms with Crippen molar-refractivity contribution >= 4 is 55.3 Å². The summed E-state index contributed by atoms with van der Waals surface area (Å²) in [5.74, 6) is 0.742. The predicted molar refractivity (Wildman–Crippen MR) is 180 cm³/mol. The van der Waals surface area contributed by atoms with Crippen LogP contribution in [0.15, 0.2) is 77.5 Å². The van der Waals surface area contributed by atoms with Gasteiger partial charge in [-0.2, -0.15) is 0 Å². The maximum atomic E-state index is 14.1. The van der Waals surface area contributed by atoms with Crippen molar-refractivity contribution in [2.45, 2.75) is 44.8 Å². The molecule has 8 heteroatoms. The van der Waals surface area contributed by atoms with Gasteiger partial charge in [-0.05, 0) is 107 Å². The molecule has 0 saturated carbocycles. The number of nitrogens with zero attached hydrogens (tertiary/aromatic N) is 1. The molecule has 2 fully saturated rings. The van der Waals surface area contributed by atoms with Gasteiger partial charge in [0, 0.05) is 40.5 Å². The standard InChI is InChI=1S/C21H22FNOS.C14H16FNS.ClH/c1-15-13-23(14-16-5-3-2-4-6-16)9-8-21(15,24)19-12-18(22)11-17-7-10-25-20(17)19;1-9-8-16-4-2-12(9)13-7-11(15)6-10-3-5-17-14(10)13;/h2-7,10-12,15,24H,8-9,13-14H2,1H3;3,5-7,9,12,16H,2,4,8H2,1H3;1H/t;9-,12+;/m.1./s1. The first-order chi connectivity index (χ1) is 20.3. The van der Waals surface area contributed by atoms with Crippen LogP contribution in [-0.2, 0) is 12.1 Å². The molecule has 2 aliphatic rings. The van der Waals surface area contributed by atoms with Crippen LogP contribution < -0.4 is 5.32 Å². The summed E-state index contributed by atoms with van der Waals surface area (Å²) in [7, 11) is 0. The largest absolute Gasteiger partial charge is 0.385 e. The lowest BCUT2D eigenvalue weighted by Gasteiger charge is -2.44. The van der Waals surface area contributed by atoms with Gasteiger partial charge in [-0.1, -0.05) is 44.2 Å². The van der Waals surface area contributed by atoms with Crippen molar-refractivity contribution in [3.63, 3.8) is 0 Å². The summed E-state index contributed by atoms with van der Waals surface area (Å²) < 4.78 is 30.0. The Morgan fingerprint density at radius 3 is 2.30 bits per heavy atom. The van der Waals surface area contributed by atoms with Crippen molar-refractivity contribution in [1.29, 1.82) is 0 Å². The summed E-state index contributed by atoms with van der Waals surface area (Å²) >= 11 is 3.31. The molecule has 5 aromatic rings. The fourth-order valence-electron chi connectivity index (χ4n) is 6.78. The molecule has 2 aromatic heterocycles. The molecule has 0 bridgehead atoms. The number of thiophene rings is 2. The molecule has 3 aromatic carbocycles. The zero-order valence-electron chi connectivity index (χ0n) is 24.6. The number of rotatable bonds is 4. The van der Waals surface area contributed by atoms with Gasteiger partial charge in [0.15, 0.2) is 0 Å². The van der Waals surface area contributed by atoms with Gasteiger partial charge in [-0.25, -0.2) is 8.78 Å². The van der Waals surface area contributed by atoms with Gasteiger partial charge in [-0.15, -0.1) is 35.1 Å². The van der Waals surface area contributed by atoms with E-state index >= 15 is 0 Å². The Morgan fingerprint density at radius 2 is 1.60 bits per heavy atom. The van der Waals surface area contributed by atoms with Gasteiger partial charge in [0.1, 0.15) is 11.6 Å². The average molecular weight is 641 g/mol. The van der Waals surface area contributed by atoms with E-state index in [9.17, 15) is 13.9 Å². The summed E-state index contributed by atoms with van der Waals surface area (Å²) in [6.45, 7) is 8.89. The molecule has 0 radical (unpaired) electrons. The number of likely N-dealkylation sites (tertiary alicyclic amines) is 1. The first-order valence-corrected chi connectivity index (χ1v) is 16.6. The third-order valence-corrected chi connectivity index (χ3v) is 11.1. The lowest BCUT2D eigenvalue weighted by atomic mass is 9.76. The van der Waals surface area contributed by atoms with Gasteiger partial charge in [0.25, 0.3) is 0 Å². The van der Waals surface area contributed by atoms with E-state index in [0.29, 0.717) is 18.3 Å². The smallest absolute Gasteiger partial charge is 0.124 e. The lowest BCUT2D eigenvalue weighted by molar-refractivity contribution is -0.0718. The highest BCUT2D eigenvalue weighted by molar-refractivity contribution is 7.17. The van der Waals surface area contributed by atoms with Crippen LogP contribution in [-0.4, -0.2) is 36.2 Å². The third-order valence-electron chi connectivity index (χ3n) is 9.12. The Hall–Kier alpha value is -2.39. The molecule has 4 atom stereocenters. The predicted octanol–water partition coefficient (Wildman–Crippen LogP) is 8.95. The minimum Gasteiger partial charge on any atom is -0.385 e. The van der Waals surface area contributed by atoms with Crippen LogP contribution >= 0.6 is 35.1 Å². The van der Waals surface area contributed by atoms with Gasteiger partial charge in [0.2, 0.25) is 0 Å². The minimum atomic E-state index is -0.974. The quantitative estimate of drug-likeness (QED) is 0.206. The molecule has 2 N–H and O–H groups in total. The highest BCUT2D eigenvalue weighted by Crippen LogP contribution is 2.43. The molecule has 2 aliphatic heterocycles.